The molecule has 0 saturated carbocycles. The van der Waals surface area contributed by atoms with Crippen LogP contribution in [0.15, 0.2) is 12.3 Å². The minimum Gasteiger partial charge on any atom is -0.385 e. The molecule has 0 fully saturated rings. The normalized spacial score (nSPS) is 12.1. The van der Waals surface area contributed by atoms with Crippen LogP contribution in [0.5, 0.6) is 0 Å². The Kier molecular flexibility index (Phi) is 5.80. The summed E-state index contributed by atoms with van der Waals surface area (Å²) in [6.45, 7) is 8.95. The topological polar surface area (TPSA) is 45.2 Å². The lowest BCUT2D eigenvalue weighted by molar-refractivity contribution is 0.0737. The Morgan fingerprint density at radius 3 is 2.74 bits per heavy atom. The fourth-order valence-corrected chi connectivity index (χ4v) is 2.07. The summed E-state index contributed by atoms with van der Waals surface area (Å²) in [7, 11) is 1.86. The number of carbonyl (C=O) groups is 1. The first-order valence-corrected chi connectivity index (χ1v) is 6.98. The van der Waals surface area contributed by atoms with Gasteiger partial charge in [0.1, 0.15) is 0 Å². The first kappa shape index (κ1) is 15.5. The first-order valence-electron chi connectivity index (χ1n) is 6.98. The van der Waals surface area contributed by atoms with E-state index in [0.717, 1.165) is 30.8 Å². The maximum atomic E-state index is 12.5. The van der Waals surface area contributed by atoms with Crippen LogP contribution in [0.3, 0.4) is 0 Å². The molecule has 0 aliphatic heterocycles. The van der Waals surface area contributed by atoms with Crippen LogP contribution in [-0.2, 0) is 0 Å². The lowest BCUT2D eigenvalue weighted by Crippen LogP contribution is -2.35. The van der Waals surface area contributed by atoms with Gasteiger partial charge in [0.15, 0.2) is 0 Å². The van der Waals surface area contributed by atoms with E-state index in [1.54, 1.807) is 11.1 Å². The highest BCUT2D eigenvalue weighted by Crippen LogP contribution is 2.19. The Balaban J connectivity index is 2.98. The number of carbonyl (C=O) groups excluding carboxylic acids is 1. The second kappa shape index (κ2) is 7.12. The number of hydrogen-bond donors (Lipinski definition) is 1. The molecule has 106 valence electrons. The van der Waals surface area contributed by atoms with Gasteiger partial charge in [-0.25, -0.2) is 0 Å². The van der Waals surface area contributed by atoms with Gasteiger partial charge in [0.25, 0.3) is 5.91 Å². The van der Waals surface area contributed by atoms with E-state index >= 15 is 0 Å². The molecule has 4 heteroatoms. The highest BCUT2D eigenvalue weighted by molar-refractivity contribution is 5.99. The minimum absolute atomic E-state index is 0.0319. The van der Waals surface area contributed by atoms with Crippen molar-refractivity contribution in [1.82, 2.24) is 9.88 Å². The number of aryl methyl sites for hydroxylation is 1. The quantitative estimate of drug-likeness (QED) is 0.858. The summed E-state index contributed by atoms with van der Waals surface area (Å²) in [4.78, 5) is 18.6. The van der Waals surface area contributed by atoms with Crippen LogP contribution in [0.2, 0.25) is 0 Å². The van der Waals surface area contributed by atoms with Crippen molar-refractivity contribution in [3.8, 4) is 0 Å². The van der Waals surface area contributed by atoms with Gasteiger partial charge in [-0.15, -0.1) is 0 Å². The van der Waals surface area contributed by atoms with E-state index in [1.807, 2.05) is 27.0 Å². The van der Waals surface area contributed by atoms with Gasteiger partial charge in [-0.2, -0.15) is 0 Å². The zero-order chi connectivity index (χ0) is 14.4. The monoisotopic (exact) mass is 263 g/mol. The number of aromatic nitrogens is 1. The molecular weight excluding hydrogens is 238 g/mol. The van der Waals surface area contributed by atoms with Gasteiger partial charge >= 0.3 is 0 Å². The maximum absolute atomic E-state index is 12.5. The van der Waals surface area contributed by atoms with Crippen LogP contribution >= 0.6 is 0 Å². The third kappa shape index (κ3) is 3.94. The van der Waals surface area contributed by atoms with Crippen LogP contribution in [0.4, 0.5) is 5.69 Å². The second-order valence-corrected chi connectivity index (χ2v) is 4.96. The number of anilines is 1. The number of pyridine rings is 1. The Labute approximate surface area is 116 Å². The van der Waals surface area contributed by atoms with Crippen molar-refractivity contribution in [2.24, 2.45) is 0 Å². The Bertz CT molecular complexity index is 431. The molecule has 0 spiro atoms. The highest BCUT2D eigenvalue weighted by atomic mass is 16.2. The predicted molar refractivity (Wildman–Crippen MR) is 79.6 cm³/mol. The van der Waals surface area contributed by atoms with Crippen LogP contribution in [-0.4, -0.2) is 35.4 Å². The van der Waals surface area contributed by atoms with E-state index in [2.05, 4.69) is 24.1 Å². The third-order valence-electron chi connectivity index (χ3n) is 3.33. The molecule has 0 aliphatic rings. The van der Waals surface area contributed by atoms with E-state index in [4.69, 9.17) is 0 Å². The van der Waals surface area contributed by atoms with Gasteiger partial charge in [0.2, 0.25) is 0 Å². The Morgan fingerprint density at radius 2 is 2.16 bits per heavy atom. The summed E-state index contributed by atoms with van der Waals surface area (Å²) in [5.74, 6) is 0.0319. The van der Waals surface area contributed by atoms with Crippen molar-refractivity contribution < 1.29 is 4.79 Å². The van der Waals surface area contributed by atoms with Gasteiger partial charge in [0.05, 0.1) is 11.3 Å². The molecule has 1 rings (SSSR count). The molecule has 1 aromatic rings. The van der Waals surface area contributed by atoms with Crippen LogP contribution < -0.4 is 5.32 Å². The molecular formula is C15H25N3O. The lowest BCUT2D eigenvalue weighted by Gasteiger charge is -2.25. The average molecular weight is 263 g/mol. The third-order valence-corrected chi connectivity index (χ3v) is 3.33. The number of nitrogens with zero attached hydrogens (tertiary/aromatic N) is 2. The molecule has 0 aliphatic carbocycles. The summed E-state index contributed by atoms with van der Waals surface area (Å²) in [6, 6.07) is 2.17. The second-order valence-electron chi connectivity index (χ2n) is 4.96. The van der Waals surface area contributed by atoms with Crippen LogP contribution in [0, 0.1) is 6.92 Å². The number of rotatable bonds is 6. The minimum atomic E-state index is 0.0319. The van der Waals surface area contributed by atoms with Crippen LogP contribution in [0.25, 0.3) is 0 Å². The lowest BCUT2D eigenvalue weighted by atomic mass is 10.1. The van der Waals surface area contributed by atoms with Gasteiger partial charge in [0, 0.05) is 31.5 Å². The van der Waals surface area contributed by atoms with Gasteiger partial charge < -0.3 is 10.2 Å². The van der Waals surface area contributed by atoms with Crippen molar-refractivity contribution in [3.05, 3.63) is 23.5 Å². The molecule has 0 radical (unpaired) electrons. The number of hydrogen-bond acceptors (Lipinski definition) is 3. The van der Waals surface area contributed by atoms with E-state index in [-0.39, 0.29) is 11.9 Å². The van der Waals surface area contributed by atoms with E-state index in [1.165, 1.54) is 0 Å². The van der Waals surface area contributed by atoms with Crippen molar-refractivity contribution >= 4 is 11.6 Å². The molecule has 19 heavy (non-hydrogen) atoms. The van der Waals surface area contributed by atoms with E-state index in [0.29, 0.717) is 5.56 Å². The molecule has 1 amide bonds. The standard InChI is InChI=1S/C15H25N3O/c1-6-8-12(4)18(5)15(19)13-10-17-11(3)9-14(13)16-7-2/h9-10,12H,6-8H2,1-5H3,(H,16,17). The fourth-order valence-electron chi connectivity index (χ4n) is 2.07. The van der Waals surface area contributed by atoms with Gasteiger partial charge in [-0.05, 0) is 33.3 Å². The molecule has 1 heterocycles. The fraction of sp³-hybridized carbons (Fsp3) is 0.600. The molecule has 0 aromatic carbocycles. The molecule has 1 aromatic heterocycles. The van der Waals surface area contributed by atoms with Crippen molar-refractivity contribution in [3.63, 3.8) is 0 Å². The molecule has 0 saturated heterocycles. The SMILES string of the molecule is CCCC(C)N(C)C(=O)c1cnc(C)cc1NCC. The zero-order valence-corrected chi connectivity index (χ0v) is 12.7. The van der Waals surface area contributed by atoms with Crippen LogP contribution in [0.1, 0.15) is 49.7 Å². The summed E-state index contributed by atoms with van der Waals surface area (Å²) in [5, 5.41) is 3.24. The summed E-state index contributed by atoms with van der Waals surface area (Å²) in [6.07, 6.45) is 3.76. The largest absolute Gasteiger partial charge is 0.385 e. The maximum Gasteiger partial charge on any atom is 0.257 e. The van der Waals surface area contributed by atoms with Gasteiger partial charge in [-0.3, -0.25) is 9.78 Å². The Morgan fingerprint density at radius 1 is 1.47 bits per heavy atom. The predicted octanol–water partition coefficient (Wildman–Crippen LogP) is 3.08. The van der Waals surface area contributed by atoms with Crippen molar-refractivity contribution in [2.45, 2.75) is 46.6 Å². The first-order chi connectivity index (χ1) is 9.01. The number of amides is 1. The highest BCUT2D eigenvalue weighted by Gasteiger charge is 2.20. The van der Waals surface area contributed by atoms with E-state index in [9.17, 15) is 4.79 Å². The van der Waals surface area contributed by atoms with Crippen molar-refractivity contribution in [2.75, 3.05) is 18.9 Å². The summed E-state index contributed by atoms with van der Waals surface area (Å²) in [5.41, 5.74) is 2.44. The Hall–Kier alpha value is -1.58. The molecule has 1 N–H and O–H groups in total. The average Bonchev–Trinajstić information content (AvgIpc) is 2.38. The summed E-state index contributed by atoms with van der Waals surface area (Å²) >= 11 is 0. The van der Waals surface area contributed by atoms with Crippen molar-refractivity contribution in [1.29, 1.82) is 0 Å². The smallest absolute Gasteiger partial charge is 0.257 e. The molecule has 4 nitrogen and oxygen atoms in total. The molecule has 0 bridgehead atoms. The molecule has 1 atom stereocenters. The molecule has 1 unspecified atom stereocenters. The summed E-state index contributed by atoms with van der Waals surface area (Å²) < 4.78 is 0. The zero-order valence-electron chi connectivity index (χ0n) is 12.7. The van der Waals surface area contributed by atoms with E-state index < -0.39 is 0 Å². The van der Waals surface area contributed by atoms with Gasteiger partial charge in [-0.1, -0.05) is 13.3 Å². The number of nitrogens with one attached hydrogen (secondary N) is 1.